The molecule has 1 N–H and O–H groups in total. The Hall–Kier alpha value is -1.80. The summed E-state index contributed by atoms with van der Waals surface area (Å²) in [7, 11) is 0. The number of halogens is 2. The minimum absolute atomic E-state index is 0.115. The van der Waals surface area contributed by atoms with Gasteiger partial charge in [-0.1, -0.05) is 19.4 Å². The standard InChI is InChI=1S/C24H39F2N5O/c1-4-5-12-27-23(32)21-8-6-9-22(28-21)31-14-7-13-30(17-18-31)20-10-15-29(16-11-20)19(2)24(3,25)26/h6,8-9,19-20H,4-5,7,10-18H2,1-3H3,(H,27,32)/t19-/m0/s1. The Bertz CT molecular complexity index is 733. The monoisotopic (exact) mass is 451 g/mol. The van der Waals surface area contributed by atoms with Crippen LogP contribution in [0.25, 0.3) is 0 Å². The van der Waals surface area contributed by atoms with E-state index in [4.69, 9.17) is 0 Å². The molecule has 0 unspecified atom stereocenters. The SMILES string of the molecule is CCCCNC(=O)c1cccc(N2CCCN(C3CCN([C@@H](C)C(C)(F)F)CC3)CC2)n1. The second-order valence-electron chi connectivity index (χ2n) is 9.27. The molecule has 2 aliphatic rings. The van der Waals surface area contributed by atoms with Crippen molar-refractivity contribution in [1.82, 2.24) is 20.1 Å². The Balaban J connectivity index is 1.52. The molecule has 180 valence electrons. The number of hydrogen-bond donors (Lipinski definition) is 1. The predicted octanol–water partition coefficient (Wildman–Crippen LogP) is 3.63. The lowest BCUT2D eigenvalue weighted by Gasteiger charge is -2.41. The van der Waals surface area contributed by atoms with Crippen LogP contribution in [0.3, 0.4) is 0 Å². The first-order valence-corrected chi connectivity index (χ1v) is 12.2. The van der Waals surface area contributed by atoms with E-state index in [0.717, 1.165) is 84.1 Å². The molecule has 0 aliphatic carbocycles. The topological polar surface area (TPSA) is 51.7 Å². The average molecular weight is 452 g/mol. The maximum atomic E-state index is 13.7. The third-order valence-corrected chi connectivity index (χ3v) is 6.93. The summed E-state index contributed by atoms with van der Waals surface area (Å²) >= 11 is 0. The second-order valence-corrected chi connectivity index (χ2v) is 9.27. The molecule has 0 bridgehead atoms. The molecule has 1 atom stereocenters. The van der Waals surface area contributed by atoms with Gasteiger partial charge in [0.15, 0.2) is 0 Å². The summed E-state index contributed by atoms with van der Waals surface area (Å²) < 4.78 is 27.4. The Morgan fingerprint density at radius 3 is 2.62 bits per heavy atom. The molecule has 3 heterocycles. The third-order valence-electron chi connectivity index (χ3n) is 6.93. The Morgan fingerprint density at radius 2 is 1.94 bits per heavy atom. The molecule has 1 aromatic rings. The van der Waals surface area contributed by atoms with Gasteiger partial charge in [0, 0.05) is 58.8 Å². The lowest BCUT2D eigenvalue weighted by atomic mass is 10.00. The van der Waals surface area contributed by atoms with E-state index in [1.165, 1.54) is 0 Å². The Morgan fingerprint density at radius 1 is 1.19 bits per heavy atom. The van der Waals surface area contributed by atoms with E-state index in [1.54, 1.807) is 13.0 Å². The molecular weight excluding hydrogens is 412 g/mol. The van der Waals surface area contributed by atoms with Crippen LogP contribution in [0, 0.1) is 0 Å². The van der Waals surface area contributed by atoms with Gasteiger partial charge in [0.1, 0.15) is 11.5 Å². The first kappa shape index (κ1) is 24.8. The fourth-order valence-corrected chi connectivity index (χ4v) is 4.69. The highest BCUT2D eigenvalue weighted by Gasteiger charge is 2.37. The van der Waals surface area contributed by atoms with Crippen molar-refractivity contribution in [1.29, 1.82) is 0 Å². The molecule has 8 heteroatoms. The number of aromatic nitrogens is 1. The summed E-state index contributed by atoms with van der Waals surface area (Å²) in [4.78, 5) is 23.7. The summed E-state index contributed by atoms with van der Waals surface area (Å²) in [5.74, 6) is -1.93. The van der Waals surface area contributed by atoms with Crippen molar-refractivity contribution in [3.05, 3.63) is 23.9 Å². The van der Waals surface area contributed by atoms with Crippen molar-refractivity contribution < 1.29 is 13.6 Å². The highest BCUT2D eigenvalue weighted by Crippen LogP contribution is 2.27. The lowest BCUT2D eigenvalue weighted by Crippen LogP contribution is -2.52. The fraction of sp³-hybridized carbons (Fsp3) is 0.750. The molecule has 1 aromatic heterocycles. The second kappa shape index (κ2) is 11.4. The summed E-state index contributed by atoms with van der Waals surface area (Å²) in [5, 5.41) is 2.93. The minimum atomic E-state index is -2.66. The molecule has 32 heavy (non-hydrogen) atoms. The van der Waals surface area contributed by atoms with Crippen LogP contribution in [0.15, 0.2) is 18.2 Å². The van der Waals surface area contributed by atoms with Crippen LogP contribution in [0.1, 0.15) is 63.4 Å². The van der Waals surface area contributed by atoms with Crippen molar-refractivity contribution in [2.45, 2.75) is 70.9 Å². The molecule has 2 aliphatic heterocycles. The zero-order chi connectivity index (χ0) is 23.1. The summed E-state index contributed by atoms with van der Waals surface area (Å²) in [5.41, 5.74) is 0.467. The highest BCUT2D eigenvalue weighted by atomic mass is 19.3. The number of carbonyl (C=O) groups excluding carboxylic acids is 1. The maximum absolute atomic E-state index is 13.7. The predicted molar refractivity (Wildman–Crippen MR) is 125 cm³/mol. The number of carbonyl (C=O) groups is 1. The van der Waals surface area contributed by atoms with E-state index in [0.29, 0.717) is 18.3 Å². The number of anilines is 1. The largest absolute Gasteiger partial charge is 0.355 e. The highest BCUT2D eigenvalue weighted by molar-refractivity contribution is 5.92. The molecule has 0 saturated carbocycles. The fourth-order valence-electron chi connectivity index (χ4n) is 4.69. The van der Waals surface area contributed by atoms with Crippen LogP contribution in [0.2, 0.25) is 0 Å². The number of likely N-dealkylation sites (tertiary alicyclic amines) is 1. The molecule has 6 nitrogen and oxygen atoms in total. The smallest absolute Gasteiger partial charge is 0.269 e. The van der Waals surface area contributed by atoms with E-state index < -0.39 is 12.0 Å². The van der Waals surface area contributed by atoms with E-state index in [9.17, 15) is 13.6 Å². The van der Waals surface area contributed by atoms with Gasteiger partial charge in [-0.15, -0.1) is 0 Å². The number of nitrogens with zero attached hydrogens (tertiary/aromatic N) is 4. The van der Waals surface area contributed by atoms with Crippen LogP contribution in [-0.4, -0.2) is 84.5 Å². The van der Waals surface area contributed by atoms with Crippen molar-refractivity contribution in [3.8, 4) is 0 Å². The zero-order valence-corrected chi connectivity index (χ0v) is 19.8. The number of piperidine rings is 1. The number of unbranched alkanes of at least 4 members (excludes halogenated alkanes) is 1. The van der Waals surface area contributed by atoms with Gasteiger partial charge in [-0.05, 0) is 44.7 Å². The summed E-state index contributed by atoms with van der Waals surface area (Å²) in [6, 6.07) is 5.39. The van der Waals surface area contributed by atoms with Gasteiger partial charge in [-0.3, -0.25) is 14.6 Å². The number of hydrogen-bond acceptors (Lipinski definition) is 5. The first-order valence-electron chi connectivity index (χ1n) is 12.2. The van der Waals surface area contributed by atoms with Gasteiger partial charge in [0.25, 0.3) is 11.8 Å². The molecule has 2 saturated heterocycles. The molecule has 0 spiro atoms. The van der Waals surface area contributed by atoms with Crippen LogP contribution < -0.4 is 10.2 Å². The van der Waals surface area contributed by atoms with E-state index in [2.05, 4.69) is 27.0 Å². The molecule has 3 rings (SSSR count). The maximum Gasteiger partial charge on any atom is 0.269 e. The van der Waals surface area contributed by atoms with Crippen molar-refractivity contribution in [2.24, 2.45) is 0 Å². The molecule has 1 amide bonds. The van der Waals surface area contributed by atoms with Crippen molar-refractivity contribution >= 4 is 11.7 Å². The van der Waals surface area contributed by atoms with Crippen LogP contribution >= 0.6 is 0 Å². The summed E-state index contributed by atoms with van der Waals surface area (Å²) in [6.07, 6.45) is 4.91. The average Bonchev–Trinajstić information content (AvgIpc) is 3.05. The normalized spacial score (nSPS) is 20.7. The van der Waals surface area contributed by atoms with E-state index in [-0.39, 0.29) is 5.91 Å². The number of nitrogens with one attached hydrogen (secondary N) is 1. The third kappa shape index (κ3) is 6.61. The lowest BCUT2D eigenvalue weighted by molar-refractivity contribution is -0.0692. The zero-order valence-electron chi connectivity index (χ0n) is 19.8. The van der Waals surface area contributed by atoms with Crippen LogP contribution in [-0.2, 0) is 0 Å². The molecule has 2 fully saturated rings. The van der Waals surface area contributed by atoms with Gasteiger partial charge in [0.2, 0.25) is 0 Å². The van der Waals surface area contributed by atoms with Gasteiger partial charge in [0.05, 0.1) is 6.04 Å². The van der Waals surface area contributed by atoms with Crippen molar-refractivity contribution in [3.63, 3.8) is 0 Å². The Kier molecular flexibility index (Phi) is 8.82. The molecule has 0 radical (unpaired) electrons. The summed E-state index contributed by atoms with van der Waals surface area (Å²) in [6.45, 7) is 10.6. The van der Waals surface area contributed by atoms with Gasteiger partial charge < -0.3 is 10.2 Å². The first-order chi connectivity index (χ1) is 15.3. The number of rotatable bonds is 8. The number of pyridine rings is 1. The molecular formula is C24H39F2N5O. The minimum Gasteiger partial charge on any atom is -0.355 e. The Labute approximate surface area is 191 Å². The van der Waals surface area contributed by atoms with Gasteiger partial charge in [-0.2, -0.15) is 0 Å². The number of amides is 1. The number of alkyl halides is 2. The van der Waals surface area contributed by atoms with Gasteiger partial charge >= 0.3 is 0 Å². The van der Waals surface area contributed by atoms with Crippen molar-refractivity contribution in [2.75, 3.05) is 50.7 Å². The van der Waals surface area contributed by atoms with Crippen LogP contribution in [0.4, 0.5) is 14.6 Å². The van der Waals surface area contributed by atoms with Crippen LogP contribution in [0.5, 0.6) is 0 Å². The van der Waals surface area contributed by atoms with E-state index in [1.807, 2.05) is 17.0 Å². The quantitative estimate of drug-likeness (QED) is 0.612. The molecule has 0 aromatic carbocycles. The van der Waals surface area contributed by atoms with Gasteiger partial charge in [-0.25, -0.2) is 13.8 Å². The van der Waals surface area contributed by atoms with E-state index >= 15 is 0 Å².